The quantitative estimate of drug-likeness (QED) is 0.0522. The van der Waals surface area contributed by atoms with Crippen LogP contribution in [0.25, 0.3) is 66.8 Å². The number of hydroxylamine groups is 2. The van der Waals surface area contributed by atoms with Crippen LogP contribution in [0.4, 0.5) is 11.4 Å². The van der Waals surface area contributed by atoms with Crippen LogP contribution in [0.15, 0.2) is 118 Å². The second-order valence-corrected chi connectivity index (χ2v) is 19.4. The largest absolute Gasteiger partial charge is 0.478 e. The van der Waals surface area contributed by atoms with Gasteiger partial charge in [0, 0.05) is 122 Å². The molecule has 18 heteroatoms. The molecular weight excluding hydrogens is 995 g/mol. The fourth-order valence-electron chi connectivity index (χ4n) is 8.71. The number of rotatable bonds is 12. The van der Waals surface area contributed by atoms with Crippen LogP contribution < -0.4 is 40.7 Å². The Morgan fingerprint density at radius 1 is 0.603 bits per heavy atom. The third-order valence-corrected chi connectivity index (χ3v) is 13.0. The van der Waals surface area contributed by atoms with Crippen LogP contribution in [0.1, 0.15) is 81.0 Å². The van der Waals surface area contributed by atoms with Crippen molar-refractivity contribution >= 4 is 68.9 Å². The first-order chi connectivity index (χ1) is 37.2. The summed E-state index contributed by atoms with van der Waals surface area (Å²) >= 11 is 0. The molecule has 1 saturated heterocycles. The topological polar surface area (TPSA) is 232 Å². The molecule has 4 aromatic rings. The zero-order chi connectivity index (χ0) is 56.7. The summed E-state index contributed by atoms with van der Waals surface area (Å²) in [6.07, 6.45) is 1.80. The molecule has 2 aliphatic carbocycles. The van der Waals surface area contributed by atoms with Gasteiger partial charge in [0.15, 0.2) is 0 Å². The number of hydrogen-bond donors (Lipinski definition) is 4. The van der Waals surface area contributed by atoms with Crippen molar-refractivity contribution in [2.45, 2.75) is 39.5 Å². The summed E-state index contributed by atoms with van der Waals surface area (Å²) in [5, 5.41) is 26.9. The van der Waals surface area contributed by atoms with Gasteiger partial charge in [-0.2, -0.15) is 0 Å². The number of carboxylic acid groups (broad SMARTS) is 2. The molecule has 4 aromatic carbocycles. The van der Waals surface area contributed by atoms with Gasteiger partial charge in [0.2, 0.25) is 10.7 Å². The second kappa shape index (κ2) is 24.2. The van der Waals surface area contributed by atoms with Gasteiger partial charge in [-0.3, -0.25) is 14.4 Å². The number of fused-ring (bicyclic) bond motifs is 4. The molecule has 3 aliphatic heterocycles. The van der Waals surface area contributed by atoms with Gasteiger partial charge in [-0.05, 0) is 91.2 Å². The predicted molar refractivity (Wildman–Crippen MR) is 302 cm³/mol. The molecule has 404 valence electrons. The van der Waals surface area contributed by atoms with Gasteiger partial charge in [-0.25, -0.2) is 23.5 Å². The van der Waals surface area contributed by atoms with Gasteiger partial charge in [0.25, 0.3) is 17.7 Å². The third-order valence-electron chi connectivity index (χ3n) is 13.0. The standard InChI is InChI=1S/C29H25N3O7.C28H29N3O4.C3H9N/c1-30(2)17-6-9-20-23(14-17)38-24-15-18(31(3)4)7-10-21(24)27(20)19-8-5-16(13-22(19)28(35)36)29(37)39-32-25(33)11-12-26(32)34;1-6-13-29-27(32)17-7-10-20(23(14-17)28(33)34)26-21-11-8-18(30(2)3)15-24(21)35-25-16-19(31(4)5)9-12-22(25)26;1-2-3-4/h5-10,13-15H,11-12H2,1-4H3;7-12,14-16H,6,13H2,1-5H3,(H-,29,32,33,34);2-4H2,1H3/p+2. The highest BCUT2D eigenvalue weighted by Crippen LogP contribution is 2.44. The molecule has 0 saturated carbocycles. The lowest BCUT2D eigenvalue weighted by Crippen LogP contribution is -2.32. The normalized spacial score (nSPS) is 12.0. The Kier molecular flexibility index (Phi) is 17.6. The summed E-state index contributed by atoms with van der Waals surface area (Å²) in [7, 11) is 15.5. The number of nitrogens with zero attached hydrogens (tertiary/aromatic N) is 5. The molecule has 0 bridgehead atoms. The van der Waals surface area contributed by atoms with Gasteiger partial charge in [-0.15, -0.1) is 5.06 Å². The molecule has 78 heavy (non-hydrogen) atoms. The molecule has 0 radical (unpaired) electrons. The van der Waals surface area contributed by atoms with E-state index in [9.17, 15) is 39.0 Å². The summed E-state index contributed by atoms with van der Waals surface area (Å²) in [5.41, 5.74) is 12.0. The van der Waals surface area contributed by atoms with E-state index in [1.165, 1.54) is 24.3 Å². The van der Waals surface area contributed by atoms with Gasteiger partial charge in [0.05, 0.1) is 28.8 Å². The Hall–Kier alpha value is -9.16. The van der Waals surface area contributed by atoms with E-state index in [2.05, 4.69) is 12.2 Å². The molecule has 3 amide bonds. The van der Waals surface area contributed by atoms with E-state index < -0.39 is 29.7 Å². The molecule has 0 atom stereocenters. The summed E-state index contributed by atoms with van der Waals surface area (Å²) in [5.74, 6) is -3.68. The maximum absolute atomic E-state index is 12.8. The van der Waals surface area contributed by atoms with E-state index in [1.54, 1.807) is 12.1 Å². The molecule has 0 unspecified atom stereocenters. The van der Waals surface area contributed by atoms with Crippen molar-refractivity contribution in [3.05, 3.63) is 142 Å². The molecule has 1 fully saturated rings. The summed E-state index contributed by atoms with van der Waals surface area (Å²) < 4.78 is 16.6. The van der Waals surface area contributed by atoms with Crippen molar-refractivity contribution < 1.29 is 52.7 Å². The molecule has 18 nitrogen and oxygen atoms in total. The van der Waals surface area contributed by atoms with E-state index in [0.29, 0.717) is 67.5 Å². The zero-order valence-corrected chi connectivity index (χ0v) is 45.5. The Morgan fingerprint density at radius 2 is 1.03 bits per heavy atom. The van der Waals surface area contributed by atoms with Crippen molar-refractivity contribution in [3.8, 4) is 44.9 Å². The van der Waals surface area contributed by atoms with Crippen molar-refractivity contribution in [3.63, 3.8) is 0 Å². The molecule has 3 heterocycles. The SMILES string of the molecule is CCCN.CCCNC(=O)c1ccc(-c2c3ccc(=[N+](C)C)cc-3oc3cc(N(C)C)ccc23)c(C(=O)O)c1.CN(C)c1ccc2c(-c3ccc(C(=O)ON4C(=O)CCC4=O)cc3C(=O)O)c3ccc(=[N+](C)C)cc-3oc2c1. The number of nitrogens with two attached hydrogens (primary N) is 1. The maximum atomic E-state index is 12.8. The van der Waals surface area contributed by atoms with Crippen LogP contribution in [0.3, 0.4) is 0 Å². The van der Waals surface area contributed by atoms with E-state index in [0.717, 1.165) is 58.0 Å². The number of hydrogen-bond acceptors (Lipinski definition) is 12. The number of aromatic carboxylic acids is 2. The summed E-state index contributed by atoms with van der Waals surface area (Å²) in [4.78, 5) is 82.8. The molecule has 9 rings (SSSR count). The van der Waals surface area contributed by atoms with Crippen molar-refractivity contribution in [2.24, 2.45) is 5.73 Å². The third kappa shape index (κ3) is 12.1. The van der Waals surface area contributed by atoms with Crippen molar-refractivity contribution in [1.29, 1.82) is 0 Å². The molecular formula is C60H65N7O11+2. The minimum atomic E-state index is -1.26. The van der Waals surface area contributed by atoms with Crippen LogP contribution in [-0.2, 0) is 14.4 Å². The second-order valence-electron chi connectivity index (χ2n) is 19.4. The Morgan fingerprint density at radius 3 is 1.42 bits per heavy atom. The Labute approximate surface area is 451 Å². The monoisotopic (exact) mass is 1060 g/mol. The lowest BCUT2D eigenvalue weighted by molar-refractivity contribution is -0.172. The van der Waals surface area contributed by atoms with E-state index in [1.807, 2.05) is 155 Å². The highest BCUT2D eigenvalue weighted by molar-refractivity contribution is 6.11. The Balaban J connectivity index is 0.000000213. The molecule has 5 aliphatic rings. The number of nitrogens with one attached hydrogen (secondary N) is 1. The highest BCUT2D eigenvalue weighted by atomic mass is 16.7. The van der Waals surface area contributed by atoms with Crippen LogP contribution in [0, 0.1) is 0 Å². The highest BCUT2D eigenvalue weighted by Gasteiger charge is 2.34. The first kappa shape index (κ1) is 56.6. The van der Waals surface area contributed by atoms with Gasteiger partial charge in [-0.1, -0.05) is 26.0 Å². The summed E-state index contributed by atoms with van der Waals surface area (Å²) in [6.45, 7) is 5.37. The number of carboxylic acids is 2. The van der Waals surface area contributed by atoms with Crippen molar-refractivity contribution in [1.82, 2.24) is 19.5 Å². The smallest absolute Gasteiger partial charge is 0.363 e. The predicted octanol–water partition coefficient (Wildman–Crippen LogP) is 7.72. The maximum Gasteiger partial charge on any atom is 0.363 e. The summed E-state index contributed by atoms with van der Waals surface area (Å²) in [6, 6.07) is 32.1. The lowest BCUT2D eigenvalue weighted by Gasteiger charge is -2.19. The van der Waals surface area contributed by atoms with Gasteiger partial charge in [0.1, 0.15) is 50.9 Å². The van der Waals surface area contributed by atoms with Gasteiger partial charge >= 0.3 is 17.9 Å². The first-order valence-corrected chi connectivity index (χ1v) is 25.4. The van der Waals surface area contributed by atoms with Gasteiger partial charge < -0.3 is 44.7 Å². The van der Waals surface area contributed by atoms with Crippen LogP contribution in [-0.4, -0.2) is 120 Å². The number of anilines is 2. The molecule has 5 N–H and O–H groups in total. The van der Waals surface area contributed by atoms with E-state index in [-0.39, 0.29) is 35.4 Å². The fourth-order valence-corrected chi connectivity index (χ4v) is 8.71. The van der Waals surface area contributed by atoms with E-state index in [4.69, 9.17) is 19.4 Å². The minimum absolute atomic E-state index is 0.0459. The molecule has 0 aromatic heterocycles. The van der Waals surface area contributed by atoms with Crippen LogP contribution >= 0.6 is 0 Å². The zero-order valence-electron chi connectivity index (χ0n) is 45.5. The molecule has 0 spiro atoms. The number of amides is 3. The van der Waals surface area contributed by atoms with Crippen molar-refractivity contribution in [2.75, 3.05) is 79.3 Å². The number of carbonyl (C=O) groups is 6. The van der Waals surface area contributed by atoms with Crippen LogP contribution in [0.5, 0.6) is 0 Å². The lowest BCUT2D eigenvalue weighted by atomic mass is 9.89. The first-order valence-electron chi connectivity index (χ1n) is 25.4. The number of benzene rings is 6. The fraction of sp³-hybridized carbons (Fsp3) is 0.267. The minimum Gasteiger partial charge on any atom is -0.478 e. The Bertz CT molecular complexity index is 3720. The number of carbonyl (C=O) groups excluding carboxylic acids is 4. The average molecular weight is 1060 g/mol. The number of imide groups is 1. The average Bonchev–Trinajstić information content (AvgIpc) is 3.84. The van der Waals surface area contributed by atoms with Crippen LogP contribution in [0.2, 0.25) is 0 Å². The van der Waals surface area contributed by atoms with E-state index >= 15 is 0 Å².